The number of hydrogen-bond donors (Lipinski definition) is 2. The van der Waals surface area contributed by atoms with E-state index in [9.17, 15) is 24.3 Å². The van der Waals surface area contributed by atoms with Gasteiger partial charge in [0.05, 0.1) is 23.7 Å². The highest BCUT2D eigenvalue weighted by atomic mass is 32.2. The molecule has 2 aromatic heterocycles. The van der Waals surface area contributed by atoms with Crippen LogP contribution in [-0.4, -0.2) is 45.8 Å². The van der Waals surface area contributed by atoms with E-state index in [0.717, 1.165) is 4.88 Å². The SMILES string of the molecule is NC(=O)c1cc[n+](CC2=C(C(=O)[O-])N3C(=O)C(NC(=O)Cc4cccs4)C3SC2)cc1. The summed E-state index contributed by atoms with van der Waals surface area (Å²) in [5, 5.41) is 15.9. The summed E-state index contributed by atoms with van der Waals surface area (Å²) in [4.78, 5) is 50.1. The van der Waals surface area contributed by atoms with Gasteiger partial charge in [-0.1, -0.05) is 6.07 Å². The van der Waals surface area contributed by atoms with Crippen molar-refractivity contribution in [3.05, 3.63) is 63.7 Å². The van der Waals surface area contributed by atoms with Crippen molar-refractivity contribution in [2.75, 3.05) is 5.75 Å². The lowest BCUT2D eigenvalue weighted by Crippen LogP contribution is -2.71. The molecule has 160 valence electrons. The first-order chi connectivity index (χ1) is 14.8. The fourth-order valence-electron chi connectivity index (χ4n) is 3.54. The molecule has 0 spiro atoms. The number of carbonyl (C=O) groups excluding carboxylic acids is 4. The van der Waals surface area contributed by atoms with E-state index in [1.54, 1.807) is 17.0 Å². The Morgan fingerprint density at radius 2 is 2.00 bits per heavy atom. The molecule has 2 unspecified atom stereocenters. The number of nitrogens with two attached hydrogens (primary N) is 1. The average molecular weight is 459 g/mol. The molecule has 0 radical (unpaired) electrons. The van der Waals surface area contributed by atoms with Gasteiger partial charge in [0, 0.05) is 28.3 Å². The van der Waals surface area contributed by atoms with Crippen LogP contribution in [0.3, 0.4) is 0 Å². The first-order valence-electron chi connectivity index (χ1n) is 9.34. The van der Waals surface area contributed by atoms with Crippen molar-refractivity contribution in [3.63, 3.8) is 0 Å². The van der Waals surface area contributed by atoms with Gasteiger partial charge in [-0.3, -0.25) is 19.3 Å². The number of nitrogens with one attached hydrogen (secondary N) is 1. The topological polar surface area (TPSA) is 137 Å². The van der Waals surface area contributed by atoms with Gasteiger partial charge in [0.2, 0.25) is 11.8 Å². The second kappa shape index (κ2) is 8.52. The van der Waals surface area contributed by atoms with Gasteiger partial charge in [-0.25, -0.2) is 4.57 Å². The smallest absolute Gasteiger partial charge is 0.253 e. The second-order valence-corrected chi connectivity index (χ2v) is 9.21. The van der Waals surface area contributed by atoms with Crippen LogP contribution in [0.5, 0.6) is 0 Å². The molecule has 2 atom stereocenters. The molecule has 3 N–H and O–H groups in total. The number of primary amides is 1. The maximum absolute atomic E-state index is 12.7. The number of aromatic nitrogens is 1. The maximum Gasteiger partial charge on any atom is 0.253 e. The zero-order valence-electron chi connectivity index (χ0n) is 16.1. The van der Waals surface area contributed by atoms with Crippen LogP contribution in [0, 0.1) is 0 Å². The third-order valence-corrected chi connectivity index (χ3v) is 7.24. The predicted molar refractivity (Wildman–Crippen MR) is 110 cm³/mol. The van der Waals surface area contributed by atoms with E-state index in [1.165, 1.54) is 40.1 Å². The molecule has 31 heavy (non-hydrogen) atoms. The Bertz CT molecular complexity index is 1080. The number of β-lactam (4-membered cyclic amide) rings is 1. The molecule has 0 saturated carbocycles. The lowest BCUT2D eigenvalue weighted by atomic mass is 10.0. The average Bonchev–Trinajstić information content (AvgIpc) is 3.24. The molecular weight excluding hydrogens is 440 g/mol. The highest BCUT2D eigenvalue weighted by Crippen LogP contribution is 2.40. The van der Waals surface area contributed by atoms with Gasteiger partial charge in [0.25, 0.3) is 5.91 Å². The molecule has 1 fully saturated rings. The number of rotatable bonds is 7. The number of carboxylic acid groups (broad SMARTS) is 1. The van der Waals surface area contributed by atoms with E-state index in [-0.39, 0.29) is 24.6 Å². The molecule has 0 aromatic carbocycles. The molecule has 4 heterocycles. The van der Waals surface area contributed by atoms with Crippen LogP contribution in [0.25, 0.3) is 0 Å². The quantitative estimate of drug-likeness (QED) is 0.394. The number of pyridine rings is 1. The van der Waals surface area contributed by atoms with Crippen molar-refractivity contribution >= 4 is 46.8 Å². The minimum Gasteiger partial charge on any atom is -0.543 e. The first kappa shape index (κ1) is 21.1. The summed E-state index contributed by atoms with van der Waals surface area (Å²) in [6.07, 6.45) is 3.40. The molecule has 0 aliphatic carbocycles. The number of carboxylic acids is 1. The summed E-state index contributed by atoms with van der Waals surface area (Å²) in [5.41, 5.74) is 5.91. The van der Waals surface area contributed by atoms with Gasteiger partial charge in [-0.2, -0.15) is 0 Å². The van der Waals surface area contributed by atoms with E-state index in [0.29, 0.717) is 16.9 Å². The molecule has 4 rings (SSSR count). The zero-order valence-corrected chi connectivity index (χ0v) is 17.8. The number of nitrogens with zero attached hydrogens (tertiary/aromatic N) is 2. The van der Waals surface area contributed by atoms with Gasteiger partial charge < -0.3 is 21.0 Å². The molecule has 3 amide bonds. The predicted octanol–water partition coefficient (Wildman–Crippen LogP) is -1.22. The molecule has 0 bridgehead atoms. The van der Waals surface area contributed by atoms with E-state index >= 15 is 0 Å². The summed E-state index contributed by atoms with van der Waals surface area (Å²) in [7, 11) is 0. The van der Waals surface area contributed by atoms with Crippen LogP contribution >= 0.6 is 23.1 Å². The molecule has 2 aromatic rings. The van der Waals surface area contributed by atoms with Crippen LogP contribution in [0.15, 0.2) is 53.3 Å². The normalized spacial score (nSPS) is 20.1. The Morgan fingerprint density at radius 3 is 2.61 bits per heavy atom. The lowest BCUT2D eigenvalue weighted by molar-refractivity contribution is -0.689. The van der Waals surface area contributed by atoms with E-state index in [2.05, 4.69) is 5.32 Å². The fourth-order valence-corrected chi connectivity index (χ4v) is 5.58. The monoisotopic (exact) mass is 458 g/mol. The van der Waals surface area contributed by atoms with Crippen molar-refractivity contribution in [1.82, 2.24) is 10.2 Å². The Morgan fingerprint density at radius 1 is 1.26 bits per heavy atom. The Balaban J connectivity index is 1.48. The Kier molecular flexibility index (Phi) is 5.79. The molecule has 1 saturated heterocycles. The summed E-state index contributed by atoms with van der Waals surface area (Å²) in [5.74, 6) is -2.39. The molecule has 2 aliphatic rings. The van der Waals surface area contributed by atoms with Crippen molar-refractivity contribution in [2.45, 2.75) is 24.4 Å². The Hall–Kier alpha value is -3.18. The highest BCUT2D eigenvalue weighted by Gasteiger charge is 2.53. The molecule has 11 heteroatoms. The highest BCUT2D eigenvalue weighted by molar-refractivity contribution is 8.00. The van der Waals surface area contributed by atoms with Crippen molar-refractivity contribution in [1.29, 1.82) is 0 Å². The van der Waals surface area contributed by atoms with E-state index < -0.39 is 29.2 Å². The Labute approximate surface area is 185 Å². The van der Waals surface area contributed by atoms with Gasteiger partial charge in [0.15, 0.2) is 18.9 Å². The van der Waals surface area contributed by atoms with Crippen LogP contribution < -0.4 is 20.7 Å². The summed E-state index contributed by atoms with van der Waals surface area (Å²) in [6, 6.07) is 5.99. The number of thiophene rings is 1. The van der Waals surface area contributed by atoms with Crippen LogP contribution in [-0.2, 0) is 27.3 Å². The van der Waals surface area contributed by atoms with E-state index in [1.807, 2.05) is 17.5 Å². The number of amides is 3. The number of aliphatic carboxylic acids is 1. The molecule has 2 aliphatic heterocycles. The third-order valence-electron chi connectivity index (χ3n) is 5.02. The first-order valence-corrected chi connectivity index (χ1v) is 11.3. The maximum atomic E-state index is 12.7. The molecule has 9 nitrogen and oxygen atoms in total. The number of carbonyl (C=O) groups is 4. The van der Waals surface area contributed by atoms with Crippen LogP contribution in [0.4, 0.5) is 0 Å². The number of thioether (sulfide) groups is 1. The minimum atomic E-state index is -1.44. The fraction of sp³-hybridized carbons (Fsp3) is 0.250. The van der Waals surface area contributed by atoms with Gasteiger partial charge in [0.1, 0.15) is 11.4 Å². The number of fused-ring (bicyclic) bond motifs is 1. The largest absolute Gasteiger partial charge is 0.543 e. The van der Waals surface area contributed by atoms with Crippen LogP contribution in [0.2, 0.25) is 0 Å². The van der Waals surface area contributed by atoms with Crippen molar-refractivity contribution in [2.24, 2.45) is 5.73 Å². The minimum absolute atomic E-state index is 0.163. The van der Waals surface area contributed by atoms with E-state index in [4.69, 9.17) is 5.73 Å². The van der Waals surface area contributed by atoms with Crippen LogP contribution in [0.1, 0.15) is 15.2 Å². The summed E-state index contributed by atoms with van der Waals surface area (Å²) in [6.45, 7) is 0.210. The third kappa shape index (κ3) is 4.19. The van der Waals surface area contributed by atoms with Crippen molar-refractivity contribution < 1.29 is 28.9 Å². The summed E-state index contributed by atoms with van der Waals surface area (Å²) >= 11 is 2.84. The summed E-state index contributed by atoms with van der Waals surface area (Å²) < 4.78 is 1.69. The van der Waals surface area contributed by atoms with Gasteiger partial charge >= 0.3 is 0 Å². The standard InChI is InChI=1S/C20H18N4O5S2/c21-17(26)11-3-5-23(6-4-11)9-12-10-31-19-15(18(27)24(19)16(12)20(28)29)22-14(25)8-13-2-1-7-30-13/h1-7,15,19H,8-10H2,(H3-,21,22,25,26,28,29). The lowest BCUT2D eigenvalue weighted by Gasteiger charge is -2.50. The zero-order chi connectivity index (χ0) is 22.1. The van der Waals surface area contributed by atoms with Gasteiger partial charge in [-0.05, 0) is 11.4 Å². The van der Waals surface area contributed by atoms with Gasteiger partial charge in [-0.15, -0.1) is 23.1 Å². The molecular formula is C20H18N4O5S2. The van der Waals surface area contributed by atoms with Crippen molar-refractivity contribution in [3.8, 4) is 0 Å². The number of hydrogen-bond acceptors (Lipinski definition) is 7. The second-order valence-electron chi connectivity index (χ2n) is 7.07.